The lowest BCUT2D eigenvalue weighted by molar-refractivity contribution is -0.135. The van der Waals surface area contributed by atoms with Crippen LogP contribution in [0.1, 0.15) is 17.3 Å². The molecule has 2 amide bonds. The van der Waals surface area contributed by atoms with Crippen molar-refractivity contribution in [3.8, 4) is 0 Å². The van der Waals surface area contributed by atoms with E-state index in [9.17, 15) is 33.2 Å². The average molecular weight is 362 g/mol. The van der Waals surface area contributed by atoms with Crippen LogP contribution in [0.3, 0.4) is 0 Å². The third kappa shape index (κ3) is 2.99. The predicted octanol–water partition coefficient (Wildman–Crippen LogP) is 0.116. The van der Waals surface area contributed by atoms with Crippen molar-refractivity contribution in [3.63, 3.8) is 0 Å². The summed E-state index contributed by atoms with van der Waals surface area (Å²) in [4.78, 5) is 68.1. The number of hydrogen-bond acceptors (Lipinski definition) is 6. The van der Waals surface area contributed by atoms with Gasteiger partial charge in [-0.25, -0.2) is 14.1 Å². The summed E-state index contributed by atoms with van der Waals surface area (Å²) in [5.74, 6) is -5.72. The Hall–Kier alpha value is -3.69. The summed E-state index contributed by atoms with van der Waals surface area (Å²) in [6, 6.07) is 1.57. The maximum absolute atomic E-state index is 14.4. The van der Waals surface area contributed by atoms with Crippen molar-refractivity contribution >= 4 is 46.9 Å². The molecule has 0 radical (unpaired) electrons. The van der Waals surface area contributed by atoms with Gasteiger partial charge in [-0.05, 0) is 19.1 Å². The fourth-order valence-electron chi connectivity index (χ4n) is 2.44. The zero-order valence-corrected chi connectivity index (χ0v) is 13.3. The third-order valence-corrected chi connectivity index (χ3v) is 3.60. The molecule has 0 atom stereocenters. The van der Waals surface area contributed by atoms with E-state index in [1.165, 1.54) is 4.57 Å². The normalized spacial score (nSPS) is 10.4. The number of imide groups is 1. The Morgan fingerprint density at radius 1 is 1.19 bits per heavy atom. The number of fused-ring (bicyclic) bond motifs is 1. The summed E-state index contributed by atoms with van der Waals surface area (Å²) in [5.41, 5.74) is -2.24. The van der Waals surface area contributed by atoms with Gasteiger partial charge in [-0.3, -0.25) is 24.0 Å². The number of carboxylic acid groups (broad SMARTS) is 1. The molecule has 26 heavy (non-hydrogen) atoms. The van der Waals surface area contributed by atoms with E-state index in [4.69, 9.17) is 5.11 Å². The number of aromatic carboxylic acids is 1. The number of amides is 2. The van der Waals surface area contributed by atoms with Gasteiger partial charge < -0.3 is 9.67 Å². The number of carbonyl (C=O) groups excluding carboxylic acids is 4. The predicted molar refractivity (Wildman–Crippen MR) is 85.4 cm³/mol. The van der Waals surface area contributed by atoms with Crippen LogP contribution in [-0.4, -0.2) is 40.0 Å². The van der Waals surface area contributed by atoms with E-state index >= 15 is 0 Å². The lowest BCUT2D eigenvalue weighted by atomic mass is 10.1. The largest absolute Gasteiger partial charge is 0.477 e. The van der Waals surface area contributed by atoms with Gasteiger partial charge >= 0.3 is 5.97 Å². The molecule has 0 saturated heterocycles. The van der Waals surface area contributed by atoms with Crippen LogP contribution in [0.4, 0.5) is 10.1 Å². The van der Waals surface area contributed by atoms with Crippen molar-refractivity contribution in [2.24, 2.45) is 0 Å². The second kappa shape index (κ2) is 7.05. The minimum atomic E-state index is -1.50. The van der Waals surface area contributed by atoms with Crippen LogP contribution in [-0.2, 0) is 25.7 Å². The van der Waals surface area contributed by atoms with Crippen LogP contribution in [0.25, 0.3) is 10.9 Å². The monoisotopic (exact) mass is 362 g/mol. The second-order valence-corrected chi connectivity index (χ2v) is 5.03. The van der Waals surface area contributed by atoms with E-state index in [-0.39, 0.29) is 34.9 Å². The van der Waals surface area contributed by atoms with Crippen molar-refractivity contribution in [2.75, 3.05) is 4.90 Å². The number of rotatable bonds is 5. The smallest absolute Gasteiger partial charge is 0.341 e. The van der Waals surface area contributed by atoms with Crippen molar-refractivity contribution in [2.45, 2.75) is 13.5 Å². The Bertz CT molecular complexity index is 1010. The number of benzene rings is 1. The highest BCUT2D eigenvalue weighted by atomic mass is 19.1. The number of aryl methyl sites for hydroxylation is 1. The number of aromatic nitrogens is 1. The molecule has 1 aromatic carbocycles. The van der Waals surface area contributed by atoms with Crippen molar-refractivity contribution in [3.05, 3.63) is 39.9 Å². The molecule has 0 aliphatic carbocycles. The topological polar surface area (TPSA) is 131 Å². The van der Waals surface area contributed by atoms with E-state index in [1.807, 2.05) is 0 Å². The quantitative estimate of drug-likeness (QED) is 0.590. The van der Waals surface area contributed by atoms with Gasteiger partial charge in [0.05, 0.1) is 11.2 Å². The number of halogens is 1. The molecule has 0 spiro atoms. The second-order valence-electron chi connectivity index (χ2n) is 5.03. The highest BCUT2D eigenvalue weighted by molar-refractivity contribution is 6.46. The Morgan fingerprint density at radius 3 is 2.23 bits per heavy atom. The SMILES string of the molecule is CCn1cc(C(=O)O)c(=O)c2cc(F)c(N(C(=O)C=O)C(=O)C=O)cc21. The molecule has 0 unspecified atom stereocenters. The van der Waals surface area contributed by atoms with Gasteiger partial charge in [-0.1, -0.05) is 0 Å². The molecule has 1 aromatic heterocycles. The summed E-state index contributed by atoms with van der Waals surface area (Å²) in [5, 5.41) is 8.78. The zero-order chi connectivity index (χ0) is 19.6. The Balaban J connectivity index is 2.91. The molecule has 1 heterocycles. The molecule has 2 aromatic rings. The molecule has 0 fully saturated rings. The summed E-state index contributed by atoms with van der Waals surface area (Å²) in [7, 11) is 0. The molecule has 0 aliphatic rings. The van der Waals surface area contributed by atoms with Gasteiger partial charge in [0.25, 0.3) is 11.8 Å². The summed E-state index contributed by atoms with van der Waals surface area (Å²) in [6.45, 7) is 1.79. The zero-order valence-electron chi connectivity index (χ0n) is 13.3. The first-order valence-corrected chi connectivity index (χ1v) is 7.15. The van der Waals surface area contributed by atoms with Crippen molar-refractivity contribution in [1.29, 1.82) is 0 Å². The first kappa shape index (κ1) is 18.6. The fraction of sp³-hybridized carbons (Fsp3) is 0.125. The van der Waals surface area contributed by atoms with Gasteiger partial charge in [-0.2, -0.15) is 0 Å². The number of carbonyl (C=O) groups is 5. The minimum absolute atomic E-state index is 0.0151. The number of hydrogen-bond donors (Lipinski definition) is 1. The van der Waals surface area contributed by atoms with Gasteiger partial charge in [0.1, 0.15) is 11.4 Å². The maximum Gasteiger partial charge on any atom is 0.341 e. The van der Waals surface area contributed by atoms with Gasteiger partial charge in [0.2, 0.25) is 18.0 Å². The van der Waals surface area contributed by atoms with E-state index < -0.39 is 40.3 Å². The van der Waals surface area contributed by atoms with Gasteiger partial charge in [-0.15, -0.1) is 0 Å². The summed E-state index contributed by atoms with van der Waals surface area (Å²) >= 11 is 0. The van der Waals surface area contributed by atoms with Crippen LogP contribution < -0.4 is 10.3 Å². The Kier molecular flexibility index (Phi) is 5.06. The Morgan fingerprint density at radius 2 is 1.77 bits per heavy atom. The fourth-order valence-corrected chi connectivity index (χ4v) is 2.44. The highest BCUT2D eigenvalue weighted by Crippen LogP contribution is 2.25. The molecular weight excluding hydrogens is 351 g/mol. The van der Waals surface area contributed by atoms with Crippen LogP contribution in [0, 0.1) is 5.82 Å². The molecular formula is C16H11FN2O7. The first-order chi connectivity index (χ1) is 12.3. The first-order valence-electron chi connectivity index (χ1n) is 7.15. The summed E-state index contributed by atoms with van der Waals surface area (Å²) < 4.78 is 15.7. The van der Waals surface area contributed by atoms with Crippen molar-refractivity contribution in [1.82, 2.24) is 4.57 Å². The minimum Gasteiger partial charge on any atom is -0.477 e. The number of aldehydes is 2. The maximum atomic E-state index is 14.4. The molecule has 10 heteroatoms. The van der Waals surface area contributed by atoms with Crippen LogP contribution in [0.2, 0.25) is 0 Å². The number of anilines is 1. The molecule has 0 saturated carbocycles. The lowest BCUT2D eigenvalue weighted by Crippen LogP contribution is -2.39. The number of pyridine rings is 1. The lowest BCUT2D eigenvalue weighted by Gasteiger charge is -2.18. The van der Waals surface area contributed by atoms with Crippen LogP contribution in [0.15, 0.2) is 23.1 Å². The van der Waals surface area contributed by atoms with E-state index in [1.54, 1.807) is 6.92 Å². The molecule has 9 nitrogen and oxygen atoms in total. The highest BCUT2D eigenvalue weighted by Gasteiger charge is 2.27. The van der Waals surface area contributed by atoms with Gasteiger partial charge in [0, 0.05) is 18.1 Å². The van der Waals surface area contributed by atoms with Crippen LogP contribution in [0.5, 0.6) is 0 Å². The van der Waals surface area contributed by atoms with Gasteiger partial charge in [0.15, 0.2) is 0 Å². The average Bonchev–Trinajstić information content (AvgIpc) is 2.62. The third-order valence-electron chi connectivity index (χ3n) is 3.60. The molecule has 0 aliphatic heterocycles. The number of carboxylic acids is 1. The van der Waals surface area contributed by atoms with E-state index in [0.29, 0.717) is 6.07 Å². The molecule has 2 rings (SSSR count). The molecule has 0 bridgehead atoms. The molecule has 134 valence electrons. The Labute approximate surface area is 144 Å². The summed E-state index contributed by atoms with van der Waals surface area (Å²) in [6.07, 6.45) is 0.485. The molecule has 1 N–H and O–H groups in total. The number of nitrogens with zero attached hydrogens (tertiary/aromatic N) is 2. The van der Waals surface area contributed by atoms with Crippen LogP contribution >= 0.6 is 0 Å². The standard InChI is InChI=1S/C16H11FN2O7/c1-2-18-5-9(16(25)26)15(24)8-3-10(17)12(4-11(8)18)19(13(22)6-20)14(23)7-21/h3-7H,2H2,1H3,(H,25,26). The van der Waals surface area contributed by atoms with Crippen molar-refractivity contribution < 1.29 is 33.5 Å². The van der Waals surface area contributed by atoms with E-state index in [0.717, 1.165) is 12.3 Å². The van der Waals surface area contributed by atoms with E-state index in [2.05, 4.69) is 0 Å².